The zero-order valence-corrected chi connectivity index (χ0v) is 13.5. The Labute approximate surface area is 129 Å². The van der Waals surface area contributed by atoms with Gasteiger partial charge in [0.25, 0.3) is 0 Å². The minimum Gasteiger partial charge on any atom is -0.329 e. The molecular formula is C4H13N3Na3+3. The molecule has 0 saturated heterocycles. The molecule has 0 aliphatic heterocycles. The van der Waals surface area contributed by atoms with Crippen LogP contribution in [0.3, 0.4) is 0 Å². The molecule has 0 saturated carbocycles. The second-order valence-electron chi connectivity index (χ2n) is 1.33. The van der Waals surface area contributed by atoms with Crippen molar-refractivity contribution in [3.63, 3.8) is 0 Å². The van der Waals surface area contributed by atoms with Crippen LogP contribution in [0.1, 0.15) is 0 Å². The Morgan fingerprint density at radius 2 is 1.10 bits per heavy atom. The standard InChI is InChI=1S/C4H13N3.3Na/c5-1-3-7-4-2-6;;;/h7H,1-6H2;;;/q;3*+1. The molecule has 0 radical (unpaired) electrons. The van der Waals surface area contributed by atoms with E-state index in [-0.39, 0.29) is 88.7 Å². The third-order valence-corrected chi connectivity index (χ3v) is 0.642. The van der Waals surface area contributed by atoms with Crippen molar-refractivity contribution in [2.24, 2.45) is 11.5 Å². The normalized spacial score (nSPS) is 6.60. The Hall–Kier alpha value is 2.88. The predicted octanol–water partition coefficient (Wildman–Crippen LogP) is -10.5. The first kappa shape index (κ1) is 23.1. The summed E-state index contributed by atoms with van der Waals surface area (Å²) in [4.78, 5) is 0. The summed E-state index contributed by atoms with van der Waals surface area (Å²) in [5.41, 5.74) is 10.3. The van der Waals surface area contributed by atoms with Crippen LogP contribution in [0.4, 0.5) is 0 Å². The van der Waals surface area contributed by atoms with Crippen molar-refractivity contribution in [2.45, 2.75) is 0 Å². The molecule has 0 aromatic carbocycles. The van der Waals surface area contributed by atoms with Crippen molar-refractivity contribution in [3.05, 3.63) is 0 Å². The van der Waals surface area contributed by atoms with Gasteiger partial charge in [-0.2, -0.15) is 0 Å². The Bertz CT molecular complexity index is 34.9. The fraction of sp³-hybridized carbons (Fsp3) is 1.00. The van der Waals surface area contributed by atoms with E-state index in [0.29, 0.717) is 13.1 Å². The Balaban J connectivity index is -0.0000000600. The molecule has 0 atom stereocenters. The van der Waals surface area contributed by atoms with Crippen LogP contribution in [-0.2, 0) is 0 Å². The van der Waals surface area contributed by atoms with Gasteiger partial charge in [-0.25, -0.2) is 0 Å². The second-order valence-corrected chi connectivity index (χ2v) is 1.33. The third kappa shape index (κ3) is 22.4. The SMILES string of the molecule is NCCNCCN.[Na+].[Na+].[Na+]. The number of rotatable bonds is 4. The molecule has 3 nitrogen and oxygen atoms in total. The summed E-state index contributed by atoms with van der Waals surface area (Å²) in [6, 6.07) is 0. The van der Waals surface area contributed by atoms with Crippen molar-refractivity contribution in [1.29, 1.82) is 0 Å². The van der Waals surface area contributed by atoms with Crippen LogP contribution in [0.15, 0.2) is 0 Å². The van der Waals surface area contributed by atoms with Crippen LogP contribution < -0.4 is 105 Å². The quantitative estimate of drug-likeness (QED) is 0.291. The molecule has 0 unspecified atom stereocenters. The van der Waals surface area contributed by atoms with E-state index in [4.69, 9.17) is 11.5 Å². The van der Waals surface area contributed by atoms with Gasteiger partial charge < -0.3 is 16.8 Å². The van der Waals surface area contributed by atoms with Crippen LogP contribution in [0.2, 0.25) is 0 Å². The van der Waals surface area contributed by atoms with Crippen LogP contribution in [0.25, 0.3) is 0 Å². The van der Waals surface area contributed by atoms with Gasteiger partial charge in [0.05, 0.1) is 0 Å². The van der Waals surface area contributed by atoms with E-state index in [9.17, 15) is 0 Å². The fourth-order valence-corrected chi connectivity index (χ4v) is 0.329. The van der Waals surface area contributed by atoms with E-state index >= 15 is 0 Å². The van der Waals surface area contributed by atoms with Gasteiger partial charge in [0.15, 0.2) is 0 Å². The van der Waals surface area contributed by atoms with Crippen molar-refractivity contribution in [3.8, 4) is 0 Å². The minimum absolute atomic E-state index is 0. The number of nitrogens with one attached hydrogen (secondary N) is 1. The third-order valence-electron chi connectivity index (χ3n) is 0.642. The Kier molecular flexibility index (Phi) is 52.2. The molecule has 0 amide bonds. The van der Waals surface area contributed by atoms with Crippen molar-refractivity contribution < 1.29 is 88.7 Å². The molecule has 0 aliphatic carbocycles. The predicted molar refractivity (Wildman–Crippen MR) is 31.0 cm³/mol. The molecule has 0 aromatic rings. The molecule has 0 rings (SSSR count). The summed E-state index contributed by atoms with van der Waals surface area (Å²) in [6.45, 7) is 3.13. The van der Waals surface area contributed by atoms with Gasteiger partial charge in [0.1, 0.15) is 0 Å². The van der Waals surface area contributed by atoms with Crippen molar-refractivity contribution in [2.75, 3.05) is 26.2 Å². The van der Waals surface area contributed by atoms with E-state index in [1.54, 1.807) is 0 Å². The van der Waals surface area contributed by atoms with Gasteiger partial charge in [-0.15, -0.1) is 0 Å². The first-order valence-electron chi connectivity index (χ1n) is 2.52. The van der Waals surface area contributed by atoms with E-state index in [0.717, 1.165) is 13.1 Å². The molecule has 0 spiro atoms. The summed E-state index contributed by atoms with van der Waals surface area (Å²) in [7, 11) is 0. The molecule has 0 fully saturated rings. The molecule has 0 heterocycles. The Morgan fingerprint density at radius 1 is 0.800 bits per heavy atom. The maximum absolute atomic E-state index is 5.17. The van der Waals surface area contributed by atoms with E-state index in [1.807, 2.05) is 0 Å². The Morgan fingerprint density at radius 3 is 1.30 bits per heavy atom. The summed E-state index contributed by atoms with van der Waals surface area (Å²) in [5.74, 6) is 0. The first-order valence-corrected chi connectivity index (χ1v) is 2.52. The number of hydrogen-bond acceptors (Lipinski definition) is 3. The smallest absolute Gasteiger partial charge is 0.329 e. The summed E-state index contributed by atoms with van der Waals surface area (Å²) in [6.07, 6.45) is 0. The maximum atomic E-state index is 5.17. The molecule has 10 heavy (non-hydrogen) atoms. The number of nitrogens with two attached hydrogens (primary N) is 2. The van der Waals surface area contributed by atoms with Gasteiger partial charge in [-0.3, -0.25) is 0 Å². The minimum atomic E-state index is 0. The molecule has 44 valence electrons. The van der Waals surface area contributed by atoms with Crippen LogP contribution >= 0.6 is 0 Å². The van der Waals surface area contributed by atoms with Crippen molar-refractivity contribution >= 4 is 0 Å². The molecule has 6 heteroatoms. The van der Waals surface area contributed by atoms with Gasteiger partial charge in [-0.1, -0.05) is 0 Å². The maximum Gasteiger partial charge on any atom is 1.00 e. The average molecular weight is 172 g/mol. The topological polar surface area (TPSA) is 64.1 Å². The molecular weight excluding hydrogens is 159 g/mol. The van der Waals surface area contributed by atoms with E-state index < -0.39 is 0 Å². The van der Waals surface area contributed by atoms with Gasteiger partial charge in [-0.05, 0) is 0 Å². The first-order chi connectivity index (χ1) is 3.41. The van der Waals surface area contributed by atoms with Crippen LogP contribution in [0, 0.1) is 0 Å². The molecule has 0 aliphatic rings. The van der Waals surface area contributed by atoms with Crippen LogP contribution in [0.5, 0.6) is 0 Å². The van der Waals surface area contributed by atoms with Gasteiger partial charge in [0.2, 0.25) is 0 Å². The largest absolute Gasteiger partial charge is 1.00 e. The average Bonchev–Trinajstić information content (AvgIpc) is 1.69. The summed E-state index contributed by atoms with van der Waals surface area (Å²) < 4.78 is 0. The fourth-order valence-electron chi connectivity index (χ4n) is 0.329. The van der Waals surface area contributed by atoms with E-state index in [2.05, 4.69) is 5.32 Å². The van der Waals surface area contributed by atoms with Crippen molar-refractivity contribution in [1.82, 2.24) is 5.32 Å². The molecule has 0 bridgehead atoms. The van der Waals surface area contributed by atoms with Gasteiger partial charge in [0, 0.05) is 26.2 Å². The van der Waals surface area contributed by atoms with Crippen LogP contribution in [-0.4, -0.2) is 26.2 Å². The van der Waals surface area contributed by atoms with Gasteiger partial charge >= 0.3 is 88.7 Å². The summed E-state index contributed by atoms with van der Waals surface area (Å²) >= 11 is 0. The molecule has 5 N–H and O–H groups in total. The zero-order chi connectivity index (χ0) is 5.54. The zero-order valence-electron chi connectivity index (χ0n) is 7.48. The van der Waals surface area contributed by atoms with E-state index in [1.165, 1.54) is 0 Å². The second kappa shape index (κ2) is 22.6. The molecule has 0 aromatic heterocycles. The summed E-state index contributed by atoms with van der Waals surface area (Å²) in [5, 5.41) is 3.03. The monoisotopic (exact) mass is 172 g/mol. The number of hydrogen-bond donors (Lipinski definition) is 3.